The second kappa shape index (κ2) is 10.5. The molecule has 3 rings (SSSR count). The molecule has 7 heteroatoms. The number of carbonyl (C=O) groups is 2. The Bertz CT molecular complexity index is 647. The molecule has 0 aromatic heterocycles. The SMILES string of the molecule is CCCN(C(=O)CCCOc1ccc2c(c1)CCC(=O)N2)C1CCNC1.Cl. The van der Waals surface area contributed by atoms with Gasteiger partial charge in [0.2, 0.25) is 11.8 Å². The molecule has 1 fully saturated rings. The molecule has 1 saturated heterocycles. The zero-order valence-electron chi connectivity index (χ0n) is 16.0. The van der Waals surface area contributed by atoms with Gasteiger partial charge in [0.25, 0.3) is 0 Å². The van der Waals surface area contributed by atoms with Gasteiger partial charge in [-0.1, -0.05) is 6.92 Å². The lowest BCUT2D eigenvalue weighted by Gasteiger charge is -2.28. The first-order chi connectivity index (χ1) is 12.7. The molecule has 0 spiro atoms. The zero-order chi connectivity index (χ0) is 18.4. The van der Waals surface area contributed by atoms with E-state index < -0.39 is 0 Å². The van der Waals surface area contributed by atoms with E-state index >= 15 is 0 Å². The van der Waals surface area contributed by atoms with Gasteiger partial charge in [-0.25, -0.2) is 0 Å². The Kier molecular flexibility index (Phi) is 8.38. The van der Waals surface area contributed by atoms with Crippen LogP contribution < -0.4 is 15.4 Å². The fourth-order valence-electron chi connectivity index (χ4n) is 3.66. The number of carbonyl (C=O) groups excluding carboxylic acids is 2. The number of fused-ring (bicyclic) bond motifs is 1. The summed E-state index contributed by atoms with van der Waals surface area (Å²) in [5, 5.41) is 6.21. The minimum absolute atomic E-state index is 0. The van der Waals surface area contributed by atoms with E-state index in [2.05, 4.69) is 17.6 Å². The van der Waals surface area contributed by atoms with Gasteiger partial charge in [0.05, 0.1) is 6.61 Å². The average molecular weight is 396 g/mol. The summed E-state index contributed by atoms with van der Waals surface area (Å²) in [6, 6.07) is 6.10. The molecule has 150 valence electrons. The minimum atomic E-state index is 0. The second-order valence-electron chi connectivity index (χ2n) is 7.05. The van der Waals surface area contributed by atoms with Crippen LogP contribution in [0.15, 0.2) is 18.2 Å². The van der Waals surface area contributed by atoms with Crippen LogP contribution in [0.25, 0.3) is 0 Å². The third-order valence-electron chi connectivity index (χ3n) is 5.04. The summed E-state index contributed by atoms with van der Waals surface area (Å²) >= 11 is 0. The molecule has 0 radical (unpaired) electrons. The van der Waals surface area contributed by atoms with Crippen molar-refractivity contribution in [3.8, 4) is 5.75 Å². The predicted molar refractivity (Wildman–Crippen MR) is 109 cm³/mol. The molecule has 0 aliphatic carbocycles. The lowest BCUT2D eigenvalue weighted by Crippen LogP contribution is -2.42. The fraction of sp³-hybridized carbons (Fsp3) is 0.600. The smallest absolute Gasteiger partial charge is 0.224 e. The van der Waals surface area contributed by atoms with Crippen LogP contribution in [0.1, 0.15) is 44.6 Å². The Balaban J connectivity index is 0.00000261. The summed E-state index contributed by atoms with van der Waals surface area (Å²) < 4.78 is 5.82. The van der Waals surface area contributed by atoms with E-state index in [-0.39, 0.29) is 24.2 Å². The molecule has 2 N–H and O–H groups in total. The number of amides is 2. The van der Waals surface area contributed by atoms with Crippen molar-refractivity contribution in [2.45, 2.75) is 51.5 Å². The summed E-state index contributed by atoms with van der Waals surface area (Å²) in [5.74, 6) is 1.11. The number of ether oxygens (including phenoxy) is 1. The minimum Gasteiger partial charge on any atom is -0.494 e. The Labute approximate surface area is 167 Å². The van der Waals surface area contributed by atoms with Gasteiger partial charge in [0.15, 0.2) is 0 Å². The Hall–Kier alpha value is -1.79. The lowest BCUT2D eigenvalue weighted by atomic mass is 10.0. The first-order valence-corrected chi connectivity index (χ1v) is 9.73. The number of nitrogens with one attached hydrogen (secondary N) is 2. The van der Waals surface area contributed by atoms with E-state index in [9.17, 15) is 9.59 Å². The highest BCUT2D eigenvalue weighted by Crippen LogP contribution is 2.26. The van der Waals surface area contributed by atoms with Crippen molar-refractivity contribution in [3.63, 3.8) is 0 Å². The van der Waals surface area contributed by atoms with Gasteiger partial charge in [0.1, 0.15) is 5.75 Å². The van der Waals surface area contributed by atoms with Crippen molar-refractivity contribution in [3.05, 3.63) is 23.8 Å². The van der Waals surface area contributed by atoms with E-state index in [1.807, 2.05) is 23.1 Å². The van der Waals surface area contributed by atoms with Crippen LogP contribution in [0.3, 0.4) is 0 Å². The van der Waals surface area contributed by atoms with Gasteiger partial charge >= 0.3 is 0 Å². The molecule has 6 nitrogen and oxygen atoms in total. The van der Waals surface area contributed by atoms with Crippen LogP contribution in [0, 0.1) is 0 Å². The van der Waals surface area contributed by atoms with E-state index in [1.165, 1.54) is 0 Å². The third kappa shape index (κ3) is 5.84. The van der Waals surface area contributed by atoms with Crippen LogP contribution in [-0.4, -0.2) is 49.0 Å². The molecular formula is C20H30ClN3O3. The summed E-state index contributed by atoms with van der Waals surface area (Å²) in [6.07, 6.45) is 4.55. The number of halogens is 1. The molecule has 2 amide bonds. The average Bonchev–Trinajstić information content (AvgIpc) is 3.17. The van der Waals surface area contributed by atoms with Crippen molar-refractivity contribution in [2.24, 2.45) is 0 Å². The van der Waals surface area contributed by atoms with Crippen LogP contribution in [0.2, 0.25) is 0 Å². The molecule has 0 bridgehead atoms. The zero-order valence-corrected chi connectivity index (χ0v) is 16.8. The van der Waals surface area contributed by atoms with Gasteiger partial charge in [0, 0.05) is 37.7 Å². The number of benzene rings is 1. The van der Waals surface area contributed by atoms with E-state index in [0.717, 1.165) is 55.9 Å². The van der Waals surface area contributed by atoms with Crippen LogP contribution in [0.5, 0.6) is 5.75 Å². The topological polar surface area (TPSA) is 70.7 Å². The van der Waals surface area contributed by atoms with E-state index in [4.69, 9.17) is 4.74 Å². The highest BCUT2D eigenvalue weighted by atomic mass is 35.5. The predicted octanol–water partition coefficient (Wildman–Crippen LogP) is 2.75. The number of hydrogen-bond donors (Lipinski definition) is 2. The van der Waals surface area contributed by atoms with Crippen LogP contribution in [0.4, 0.5) is 5.69 Å². The normalized spacial score (nSPS) is 18.3. The van der Waals surface area contributed by atoms with E-state index in [0.29, 0.717) is 31.9 Å². The first-order valence-electron chi connectivity index (χ1n) is 9.73. The monoisotopic (exact) mass is 395 g/mol. The highest BCUT2D eigenvalue weighted by Gasteiger charge is 2.25. The summed E-state index contributed by atoms with van der Waals surface area (Å²) in [7, 11) is 0. The highest BCUT2D eigenvalue weighted by molar-refractivity contribution is 5.94. The molecule has 2 aliphatic rings. The molecule has 2 aliphatic heterocycles. The largest absolute Gasteiger partial charge is 0.494 e. The quantitative estimate of drug-likeness (QED) is 0.664. The molecule has 1 aromatic rings. The lowest BCUT2D eigenvalue weighted by molar-refractivity contribution is -0.133. The molecule has 1 aromatic carbocycles. The van der Waals surface area contributed by atoms with Crippen molar-refractivity contribution in [2.75, 3.05) is 31.6 Å². The van der Waals surface area contributed by atoms with Crippen molar-refractivity contribution >= 4 is 29.9 Å². The van der Waals surface area contributed by atoms with Crippen LogP contribution >= 0.6 is 12.4 Å². The standard InChI is InChI=1S/C20H29N3O3.ClH/c1-2-11-23(16-9-10-21-14-16)20(25)4-3-12-26-17-6-7-18-15(13-17)5-8-19(24)22-18;/h6-7,13,16,21H,2-5,8-12,14H2,1H3,(H,22,24);1H. The maximum absolute atomic E-state index is 12.6. The molecular weight excluding hydrogens is 366 g/mol. The number of hydrogen-bond acceptors (Lipinski definition) is 4. The Morgan fingerprint density at radius 3 is 2.93 bits per heavy atom. The third-order valence-corrected chi connectivity index (χ3v) is 5.04. The van der Waals surface area contributed by atoms with Crippen molar-refractivity contribution in [1.82, 2.24) is 10.2 Å². The van der Waals surface area contributed by atoms with Gasteiger partial charge in [-0.2, -0.15) is 0 Å². The summed E-state index contributed by atoms with van der Waals surface area (Å²) in [6.45, 7) is 5.39. The second-order valence-corrected chi connectivity index (χ2v) is 7.05. The van der Waals surface area contributed by atoms with Crippen molar-refractivity contribution in [1.29, 1.82) is 0 Å². The number of nitrogens with zero attached hydrogens (tertiary/aromatic N) is 1. The number of aryl methyl sites for hydroxylation is 1. The van der Waals surface area contributed by atoms with Gasteiger partial charge in [-0.3, -0.25) is 9.59 Å². The van der Waals surface area contributed by atoms with Gasteiger partial charge < -0.3 is 20.3 Å². The van der Waals surface area contributed by atoms with Gasteiger partial charge in [-0.15, -0.1) is 12.4 Å². The summed E-state index contributed by atoms with van der Waals surface area (Å²) in [5.41, 5.74) is 1.99. The molecule has 27 heavy (non-hydrogen) atoms. The number of rotatable bonds is 8. The van der Waals surface area contributed by atoms with Crippen LogP contribution in [-0.2, 0) is 16.0 Å². The van der Waals surface area contributed by atoms with Gasteiger partial charge in [-0.05, 0) is 56.0 Å². The number of anilines is 1. The Morgan fingerprint density at radius 2 is 2.19 bits per heavy atom. The summed E-state index contributed by atoms with van der Waals surface area (Å²) in [4.78, 5) is 26.0. The maximum atomic E-state index is 12.6. The van der Waals surface area contributed by atoms with Crippen molar-refractivity contribution < 1.29 is 14.3 Å². The first kappa shape index (κ1) is 21.5. The Morgan fingerprint density at radius 1 is 1.33 bits per heavy atom. The molecule has 2 heterocycles. The maximum Gasteiger partial charge on any atom is 0.224 e. The van der Waals surface area contributed by atoms with E-state index in [1.54, 1.807) is 0 Å². The molecule has 1 unspecified atom stereocenters. The molecule has 1 atom stereocenters. The fourth-order valence-corrected chi connectivity index (χ4v) is 3.66. The molecule has 0 saturated carbocycles.